The fourth-order valence-corrected chi connectivity index (χ4v) is 2.33. The van der Waals surface area contributed by atoms with Gasteiger partial charge in [0.05, 0.1) is 6.61 Å². The summed E-state index contributed by atoms with van der Waals surface area (Å²) in [6.07, 6.45) is 3.40. The molecule has 0 aromatic heterocycles. The molecule has 0 fully saturated rings. The fourth-order valence-electron chi connectivity index (χ4n) is 2.33. The Balaban J connectivity index is 1.89. The summed E-state index contributed by atoms with van der Waals surface area (Å²) in [5, 5.41) is 5.66. The van der Waals surface area contributed by atoms with E-state index in [0.29, 0.717) is 24.3 Å². The van der Waals surface area contributed by atoms with Crippen molar-refractivity contribution in [3.05, 3.63) is 54.1 Å². The summed E-state index contributed by atoms with van der Waals surface area (Å²) in [4.78, 5) is 23.9. The van der Waals surface area contributed by atoms with Crippen molar-refractivity contribution in [3.63, 3.8) is 0 Å². The molecule has 26 heavy (non-hydrogen) atoms. The van der Waals surface area contributed by atoms with Crippen LogP contribution in [-0.2, 0) is 4.79 Å². The number of carbonyl (C=O) groups excluding carboxylic acids is 2. The standard InChI is InChI=1S/C21H26N2O3/c1-3-5-15-26-19-13-7-16(8-14-19)21(25)23-18-11-9-17(10-12-18)22-20(24)6-4-2/h7-14H,3-6,15H2,1-2H3,(H,22,24)(H,23,25). The normalized spacial score (nSPS) is 10.2. The predicted molar refractivity (Wildman–Crippen MR) is 105 cm³/mol. The van der Waals surface area contributed by atoms with Crippen LogP contribution >= 0.6 is 0 Å². The van der Waals surface area contributed by atoms with Crippen LogP contribution in [0.15, 0.2) is 48.5 Å². The molecule has 2 rings (SSSR count). The van der Waals surface area contributed by atoms with Gasteiger partial charge in [0.25, 0.3) is 5.91 Å². The van der Waals surface area contributed by atoms with Gasteiger partial charge in [-0.15, -0.1) is 0 Å². The molecule has 0 spiro atoms. The molecule has 2 amide bonds. The first-order chi connectivity index (χ1) is 12.6. The van der Waals surface area contributed by atoms with Crippen LogP contribution in [0.2, 0.25) is 0 Å². The molecule has 0 bridgehead atoms. The average molecular weight is 354 g/mol. The number of ether oxygens (including phenoxy) is 1. The van der Waals surface area contributed by atoms with Gasteiger partial charge in [-0.1, -0.05) is 20.3 Å². The Morgan fingerprint density at radius 1 is 0.846 bits per heavy atom. The lowest BCUT2D eigenvalue weighted by Crippen LogP contribution is -2.12. The maximum absolute atomic E-state index is 12.3. The first-order valence-electron chi connectivity index (χ1n) is 9.06. The number of benzene rings is 2. The number of unbranched alkanes of at least 4 members (excludes halogenated alkanes) is 1. The number of carbonyl (C=O) groups is 2. The SMILES string of the molecule is CCCCOc1ccc(C(=O)Nc2ccc(NC(=O)CCC)cc2)cc1. The highest BCUT2D eigenvalue weighted by Gasteiger charge is 2.07. The van der Waals surface area contributed by atoms with Crippen LogP contribution in [0.3, 0.4) is 0 Å². The van der Waals surface area contributed by atoms with Crippen LogP contribution in [0.25, 0.3) is 0 Å². The molecule has 0 heterocycles. The van der Waals surface area contributed by atoms with Gasteiger partial charge in [-0.05, 0) is 61.4 Å². The lowest BCUT2D eigenvalue weighted by molar-refractivity contribution is -0.116. The van der Waals surface area contributed by atoms with Gasteiger partial charge in [0, 0.05) is 23.4 Å². The zero-order valence-electron chi connectivity index (χ0n) is 15.4. The molecule has 5 nitrogen and oxygen atoms in total. The molecule has 0 saturated carbocycles. The molecule has 5 heteroatoms. The van der Waals surface area contributed by atoms with Crippen LogP contribution in [0.5, 0.6) is 5.75 Å². The van der Waals surface area contributed by atoms with E-state index < -0.39 is 0 Å². The Morgan fingerprint density at radius 3 is 2.04 bits per heavy atom. The van der Waals surface area contributed by atoms with E-state index in [2.05, 4.69) is 17.6 Å². The second-order valence-electron chi connectivity index (χ2n) is 6.06. The number of anilines is 2. The third-order valence-electron chi connectivity index (χ3n) is 3.79. The van der Waals surface area contributed by atoms with E-state index in [0.717, 1.165) is 30.7 Å². The molecule has 0 radical (unpaired) electrons. The summed E-state index contributed by atoms with van der Waals surface area (Å²) in [6, 6.07) is 14.2. The minimum atomic E-state index is -0.187. The minimum absolute atomic E-state index is 0.00877. The Labute approximate surface area is 154 Å². The first-order valence-corrected chi connectivity index (χ1v) is 9.06. The highest BCUT2D eigenvalue weighted by Crippen LogP contribution is 2.17. The highest BCUT2D eigenvalue weighted by molar-refractivity contribution is 6.04. The number of nitrogens with one attached hydrogen (secondary N) is 2. The average Bonchev–Trinajstić information content (AvgIpc) is 2.64. The minimum Gasteiger partial charge on any atom is -0.494 e. The topological polar surface area (TPSA) is 67.4 Å². The molecule has 2 N–H and O–H groups in total. The zero-order chi connectivity index (χ0) is 18.8. The second kappa shape index (κ2) is 10.2. The van der Waals surface area contributed by atoms with Crippen LogP contribution < -0.4 is 15.4 Å². The third-order valence-corrected chi connectivity index (χ3v) is 3.79. The second-order valence-corrected chi connectivity index (χ2v) is 6.06. The van der Waals surface area contributed by atoms with Gasteiger partial charge in [0.1, 0.15) is 5.75 Å². The molecule has 0 aliphatic heterocycles. The van der Waals surface area contributed by atoms with E-state index in [9.17, 15) is 9.59 Å². The van der Waals surface area contributed by atoms with Crippen molar-refractivity contribution in [3.8, 4) is 5.75 Å². The number of hydrogen-bond acceptors (Lipinski definition) is 3. The van der Waals surface area contributed by atoms with Crippen molar-refractivity contribution < 1.29 is 14.3 Å². The van der Waals surface area contributed by atoms with Crippen LogP contribution in [0, 0.1) is 0 Å². The van der Waals surface area contributed by atoms with Crippen molar-refractivity contribution >= 4 is 23.2 Å². The molecule has 0 saturated heterocycles. The van der Waals surface area contributed by atoms with E-state index in [1.807, 2.05) is 6.92 Å². The Hall–Kier alpha value is -2.82. The maximum atomic E-state index is 12.3. The van der Waals surface area contributed by atoms with E-state index in [1.54, 1.807) is 48.5 Å². The van der Waals surface area contributed by atoms with Crippen LogP contribution in [0.4, 0.5) is 11.4 Å². The van der Waals surface area contributed by atoms with Gasteiger partial charge < -0.3 is 15.4 Å². The largest absolute Gasteiger partial charge is 0.494 e. The Kier molecular flexibility index (Phi) is 7.68. The van der Waals surface area contributed by atoms with Gasteiger partial charge in [-0.25, -0.2) is 0 Å². The Bertz CT molecular complexity index is 709. The first kappa shape index (κ1) is 19.5. The molecule has 2 aromatic carbocycles. The van der Waals surface area contributed by atoms with Crippen LogP contribution in [-0.4, -0.2) is 18.4 Å². The number of hydrogen-bond donors (Lipinski definition) is 2. The molecule has 0 aliphatic rings. The molecule has 0 unspecified atom stereocenters. The summed E-state index contributed by atoms with van der Waals surface area (Å²) in [5.41, 5.74) is 1.95. The van der Waals surface area contributed by atoms with Crippen LogP contribution in [0.1, 0.15) is 49.9 Å². The summed E-state index contributed by atoms with van der Waals surface area (Å²) in [7, 11) is 0. The van der Waals surface area contributed by atoms with Crippen molar-refractivity contribution in [1.82, 2.24) is 0 Å². The van der Waals surface area contributed by atoms with E-state index in [-0.39, 0.29) is 11.8 Å². The smallest absolute Gasteiger partial charge is 0.255 e. The third kappa shape index (κ3) is 6.24. The zero-order valence-corrected chi connectivity index (χ0v) is 15.4. The van der Waals surface area contributed by atoms with Crippen molar-refractivity contribution in [2.75, 3.05) is 17.2 Å². The predicted octanol–water partition coefficient (Wildman–Crippen LogP) is 4.86. The van der Waals surface area contributed by atoms with E-state index >= 15 is 0 Å². The van der Waals surface area contributed by atoms with Crippen molar-refractivity contribution in [1.29, 1.82) is 0 Å². The summed E-state index contributed by atoms with van der Waals surface area (Å²) >= 11 is 0. The lowest BCUT2D eigenvalue weighted by atomic mass is 10.2. The monoisotopic (exact) mass is 354 g/mol. The molecule has 2 aromatic rings. The Morgan fingerprint density at radius 2 is 1.46 bits per heavy atom. The summed E-state index contributed by atoms with van der Waals surface area (Å²) < 4.78 is 5.60. The van der Waals surface area contributed by atoms with Gasteiger partial charge in [-0.3, -0.25) is 9.59 Å². The molecular formula is C21H26N2O3. The summed E-state index contributed by atoms with van der Waals surface area (Å²) in [6.45, 7) is 4.76. The lowest BCUT2D eigenvalue weighted by Gasteiger charge is -2.09. The highest BCUT2D eigenvalue weighted by atomic mass is 16.5. The van der Waals surface area contributed by atoms with Gasteiger partial charge in [-0.2, -0.15) is 0 Å². The maximum Gasteiger partial charge on any atom is 0.255 e. The fraction of sp³-hybridized carbons (Fsp3) is 0.333. The van der Waals surface area contributed by atoms with E-state index in [1.165, 1.54) is 0 Å². The number of rotatable bonds is 9. The van der Waals surface area contributed by atoms with Crippen molar-refractivity contribution in [2.24, 2.45) is 0 Å². The van der Waals surface area contributed by atoms with Gasteiger partial charge in [0.15, 0.2) is 0 Å². The van der Waals surface area contributed by atoms with Gasteiger partial charge >= 0.3 is 0 Å². The quantitative estimate of drug-likeness (QED) is 0.632. The van der Waals surface area contributed by atoms with E-state index in [4.69, 9.17) is 4.74 Å². The molecule has 0 aliphatic carbocycles. The number of amides is 2. The molecule has 138 valence electrons. The van der Waals surface area contributed by atoms with Gasteiger partial charge in [0.2, 0.25) is 5.91 Å². The molecular weight excluding hydrogens is 328 g/mol. The summed E-state index contributed by atoms with van der Waals surface area (Å²) in [5.74, 6) is 0.570. The van der Waals surface area contributed by atoms with Crippen molar-refractivity contribution in [2.45, 2.75) is 39.5 Å². The molecule has 0 atom stereocenters.